The second-order valence-electron chi connectivity index (χ2n) is 8.74. The molecule has 0 fully saturated rings. The second-order valence-corrected chi connectivity index (χ2v) is 9.77. The highest BCUT2D eigenvalue weighted by molar-refractivity contribution is 7.22. The molecule has 0 aliphatic carbocycles. The van der Waals surface area contributed by atoms with Crippen LogP contribution in [0, 0.1) is 10.1 Å². The Morgan fingerprint density at radius 3 is 2.23 bits per heavy atom. The SMILES string of the molecule is CNc1ccc(C(=O)OC)cc1[N+](=O)[O-].COC(=O)c1ccc2c(c1)nc(Nc1nc3cc(OC(F)(F)F)ccc3s1)n2C. The lowest BCUT2D eigenvalue weighted by Gasteiger charge is -2.07. The number of halogens is 3. The van der Waals surface area contributed by atoms with E-state index in [2.05, 4.69) is 30.1 Å². The van der Waals surface area contributed by atoms with E-state index in [0.29, 0.717) is 38.1 Å². The van der Waals surface area contributed by atoms with E-state index in [1.165, 1.54) is 62.0 Å². The van der Waals surface area contributed by atoms with E-state index in [1.54, 1.807) is 36.9 Å². The summed E-state index contributed by atoms with van der Waals surface area (Å²) >= 11 is 1.26. The number of benzene rings is 3. The maximum Gasteiger partial charge on any atom is 0.573 e. The number of thiazole rings is 1. The summed E-state index contributed by atoms with van der Waals surface area (Å²) in [4.78, 5) is 41.7. The summed E-state index contributed by atoms with van der Waals surface area (Å²) < 4.78 is 52.7. The molecule has 0 saturated carbocycles. The molecule has 0 spiro atoms. The van der Waals surface area contributed by atoms with Gasteiger partial charge < -0.3 is 29.4 Å². The van der Waals surface area contributed by atoms with Crippen LogP contribution in [0.15, 0.2) is 54.6 Å². The third kappa shape index (κ3) is 7.12. The second kappa shape index (κ2) is 12.8. The molecule has 3 aromatic carbocycles. The number of nitro benzene ring substituents is 1. The summed E-state index contributed by atoms with van der Waals surface area (Å²) in [6, 6.07) is 13.1. The highest BCUT2D eigenvalue weighted by Gasteiger charge is 2.31. The van der Waals surface area contributed by atoms with Gasteiger partial charge >= 0.3 is 18.3 Å². The predicted octanol–water partition coefficient (Wildman–Crippen LogP) is 6.03. The molecule has 230 valence electrons. The van der Waals surface area contributed by atoms with Crippen LogP contribution in [0.25, 0.3) is 21.3 Å². The lowest BCUT2D eigenvalue weighted by Crippen LogP contribution is -2.16. The van der Waals surface area contributed by atoms with Gasteiger partial charge in [-0.05, 0) is 42.5 Å². The van der Waals surface area contributed by atoms with Crippen LogP contribution in [0.3, 0.4) is 0 Å². The fourth-order valence-corrected chi connectivity index (χ4v) is 4.79. The van der Waals surface area contributed by atoms with Gasteiger partial charge in [-0.25, -0.2) is 19.6 Å². The Morgan fingerprint density at radius 2 is 1.61 bits per heavy atom. The van der Waals surface area contributed by atoms with Crippen molar-refractivity contribution >= 4 is 67.0 Å². The van der Waals surface area contributed by atoms with Gasteiger partial charge in [-0.3, -0.25) is 10.1 Å². The number of nitro groups is 1. The van der Waals surface area contributed by atoms with Crippen LogP contribution in [-0.4, -0.2) is 59.0 Å². The molecule has 13 nitrogen and oxygen atoms in total. The third-order valence-corrected chi connectivity index (χ3v) is 6.95. The summed E-state index contributed by atoms with van der Waals surface area (Å²) in [7, 11) is 5.88. The molecular weight excluding hydrogens is 609 g/mol. The van der Waals surface area contributed by atoms with Gasteiger partial charge in [0.1, 0.15) is 11.4 Å². The van der Waals surface area contributed by atoms with Crippen molar-refractivity contribution in [3.63, 3.8) is 0 Å². The van der Waals surface area contributed by atoms with Crippen molar-refractivity contribution in [3.05, 3.63) is 75.8 Å². The van der Waals surface area contributed by atoms with Crippen LogP contribution in [-0.2, 0) is 16.5 Å². The smallest absolute Gasteiger partial charge is 0.465 e. The van der Waals surface area contributed by atoms with Crippen LogP contribution in [0.2, 0.25) is 0 Å². The molecule has 0 saturated heterocycles. The molecule has 5 aromatic rings. The zero-order valence-corrected chi connectivity index (χ0v) is 24.2. The number of aryl methyl sites for hydroxylation is 1. The van der Waals surface area contributed by atoms with E-state index in [1.807, 2.05) is 0 Å². The average molecular weight is 633 g/mol. The molecule has 17 heteroatoms. The van der Waals surface area contributed by atoms with E-state index in [4.69, 9.17) is 4.74 Å². The Balaban J connectivity index is 0.000000249. The van der Waals surface area contributed by atoms with Crippen LogP contribution in [0.5, 0.6) is 5.75 Å². The number of alkyl halides is 3. The van der Waals surface area contributed by atoms with E-state index >= 15 is 0 Å². The molecule has 0 aliphatic rings. The Morgan fingerprint density at radius 1 is 0.955 bits per heavy atom. The lowest BCUT2D eigenvalue weighted by molar-refractivity contribution is -0.384. The summed E-state index contributed by atoms with van der Waals surface area (Å²) in [5.74, 6) is -0.927. The molecule has 0 aliphatic heterocycles. The van der Waals surface area contributed by atoms with Gasteiger partial charge in [-0.1, -0.05) is 11.3 Å². The van der Waals surface area contributed by atoms with Gasteiger partial charge in [0.2, 0.25) is 5.95 Å². The summed E-state index contributed by atoms with van der Waals surface area (Å²) in [6.07, 6.45) is -4.76. The predicted molar refractivity (Wildman–Crippen MR) is 156 cm³/mol. The fraction of sp³-hybridized carbons (Fsp3) is 0.185. The minimum atomic E-state index is -4.76. The monoisotopic (exact) mass is 632 g/mol. The Labute approximate surface area is 250 Å². The van der Waals surface area contributed by atoms with Crippen LogP contribution >= 0.6 is 11.3 Å². The normalized spacial score (nSPS) is 11.0. The zero-order valence-electron chi connectivity index (χ0n) is 23.4. The minimum absolute atomic E-state index is 0.152. The topological polar surface area (TPSA) is 160 Å². The first-order valence-corrected chi connectivity index (χ1v) is 13.2. The molecule has 2 N–H and O–H groups in total. The highest BCUT2D eigenvalue weighted by Crippen LogP contribution is 2.33. The van der Waals surface area contributed by atoms with Crippen LogP contribution in [0.1, 0.15) is 20.7 Å². The van der Waals surface area contributed by atoms with E-state index in [9.17, 15) is 32.9 Å². The van der Waals surface area contributed by atoms with E-state index in [-0.39, 0.29) is 17.0 Å². The van der Waals surface area contributed by atoms with Gasteiger partial charge in [-0.2, -0.15) is 0 Å². The number of aromatic nitrogens is 3. The number of rotatable bonds is 7. The maximum absolute atomic E-state index is 12.4. The summed E-state index contributed by atoms with van der Waals surface area (Å²) in [5, 5.41) is 16.8. The van der Waals surface area contributed by atoms with Crippen LogP contribution in [0.4, 0.5) is 35.6 Å². The number of imidazole rings is 1. The number of methoxy groups -OCH3 is 2. The van der Waals surface area contributed by atoms with Crippen molar-refractivity contribution in [3.8, 4) is 5.75 Å². The molecule has 0 amide bonds. The fourth-order valence-electron chi connectivity index (χ4n) is 3.95. The van der Waals surface area contributed by atoms with Crippen LogP contribution < -0.4 is 15.4 Å². The summed E-state index contributed by atoms with van der Waals surface area (Å²) in [6.45, 7) is 0. The van der Waals surface area contributed by atoms with Crippen molar-refractivity contribution in [2.75, 3.05) is 31.9 Å². The van der Waals surface area contributed by atoms with E-state index in [0.717, 1.165) is 5.52 Å². The first-order chi connectivity index (χ1) is 20.8. The molecule has 2 aromatic heterocycles. The van der Waals surface area contributed by atoms with Gasteiger partial charge in [0, 0.05) is 26.2 Å². The number of ether oxygens (including phenoxy) is 3. The van der Waals surface area contributed by atoms with Crippen molar-refractivity contribution in [1.82, 2.24) is 14.5 Å². The average Bonchev–Trinajstić information content (AvgIpc) is 3.54. The number of fused-ring (bicyclic) bond motifs is 2. The van der Waals surface area contributed by atoms with Crippen molar-refractivity contribution < 1.29 is 41.9 Å². The Bertz CT molecular complexity index is 1870. The molecule has 0 unspecified atom stereocenters. The first-order valence-electron chi connectivity index (χ1n) is 12.4. The number of esters is 2. The number of hydrogen-bond acceptors (Lipinski definition) is 12. The highest BCUT2D eigenvalue weighted by atomic mass is 32.1. The quantitative estimate of drug-likeness (QED) is 0.122. The van der Waals surface area contributed by atoms with Crippen molar-refractivity contribution in [1.29, 1.82) is 0 Å². The first kappa shape index (κ1) is 31.5. The molecule has 2 heterocycles. The molecule has 0 atom stereocenters. The Hall–Kier alpha value is -5.45. The van der Waals surface area contributed by atoms with E-state index < -0.39 is 23.2 Å². The molecule has 44 heavy (non-hydrogen) atoms. The van der Waals surface area contributed by atoms with Gasteiger partial charge in [-0.15, -0.1) is 13.2 Å². The Kier molecular flexibility index (Phi) is 9.17. The number of anilines is 3. The number of carbonyl (C=O) groups is 2. The minimum Gasteiger partial charge on any atom is -0.465 e. The molecular formula is C27H23F3N6O7S. The third-order valence-electron chi connectivity index (χ3n) is 6.00. The molecule has 0 bridgehead atoms. The summed E-state index contributed by atoms with van der Waals surface area (Å²) in [5.41, 5.74) is 2.46. The largest absolute Gasteiger partial charge is 0.573 e. The number of hydrogen-bond donors (Lipinski definition) is 2. The van der Waals surface area contributed by atoms with Gasteiger partial charge in [0.05, 0.1) is 51.5 Å². The van der Waals surface area contributed by atoms with Crippen molar-refractivity contribution in [2.45, 2.75) is 6.36 Å². The molecule has 0 radical (unpaired) electrons. The lowest BCUT2D eigenvalue weighted by atomic mass is 10.2. The standard InChI is InChI=1S/C18H13F3N4O3S.C9H10N2O4/c1-25-13-5-3-9(15(26)27-2)7-11(13)22-16(25)24-17-23-12-8-10(28-18(19,20)21)4-6-14(12)29-17;1-10-7-4-3-6(9(12)15-2)5-8(7)11(13)14/h3-8H,1-2H3,(H,22,23,24);3-5,10H,1-2H3. The number of carbonyl (C=O) groups excluding carboxylic acids is 2. The van der Waals surface area contributed by atoms with Crippen molar-refractivity contribution in [2.24, 2.45) is 7.05 Å². The van der Waals surface area contributed by atoms with Gasteiger partial charge in [0.25, 0.3) is 5.69 Å². The zero-order chi connectivity index (χ0) is 32.2. The van der Waals surface area contributed by atoms with Gasteiger partial charge in [0.15, 0.2) is 5.13 Å². The number of nitrogens with one attached hydrogen (secondary N) is 2. The maximum atomic E-state index is 12.4. The number of nitrogens with zero attached hydrogens (tertiary/aromatic N) is 4. The molecule has 5 rings (SSSR count).